The van der Waals surface area contributed by atoms with Gasteiger partial charge in [0.25, 0.3) is 5.91 Å². The summed E-state index contributed by atoms with van der Waals surface area (Å²) in [4.78, 5) is 25.1. The lowest BCUT2D eigenvalue weighted by Crippen LogP contribution is -2.49. The molecule has 2 amide bonds. The molecule has 0 aliphatic carbocycles. The number of halogens is 1. The molecule has 1 unspecified atom stereocenters. The fraction of sp³-hybridized carbons (Fsp3) is 0.333. The van der Waals surface area contributed by atoms with E-state index in [2.05, 4.69) is 10.6 Å². The topological polar surface area (TPSA) is 67.4 Å². The molecule has 0 fully saturated rings. The van der Waals surface area contributed by atoms with Gasteiger partial charge in [-0.25, -0.2) is 0 Å². The average molecular weight is 389 g/mol. The fourth-order valence-corrected chi connectivity index (χ4v) is 2.77. The lowest BCUT2D eigenvalue weighted by Gasteiger charge is -2.22. The summed E-state index contributed by atoms with van der Waals surface area (Å²) in [5.74, 6) is 0.0867. The van der Waals surface area contributed by atoms with Crippen molar-refractivity contribution in [2.45, 2.75) is 33.4 Å². The van der Waals surface area contributed by atoms with E-state index in [1.54, 1.807) is 30.3 Å². The van der Waals surface area contributed by atoms with Crippen LogP contribution in [0.3, 0.4) is 0 Å². The summed E-state index contributed by atoms with van der Waals surface area (Å²) in [7, 11) is 0. The standard InChI is InChI=1S/C21H25ClN2O3/c1-4-27-17-11-9-15(10-12-17)20(25)24-19(14(2)3)21(26)23-13-16-7-5-6-8-18(16)22/h5-12,14,19H,4,13H2,1-3H3,(H,23,26)(H,24,25). The maximum absolute atomic E-state index is 12.6. The third-order valence-corrected chi connectivity index (χ3v) is 4.44. The van der Waals surface area contributed by atoms with Crippen LogP contribution in [0.1, 0.15) is 36.7 Å². The molecule has 0 heterocycles. The summed E-state index contributed by atoms with van der Waals surface area (Å²) in [6.45, 7) is 6.54. The van der Waals surface area contributed by atoms with E-state index in [0.29, 0.717) is 29.5 Å². The number of hydrogen-bond donors (Lipinski definition) is 2. The Hall–Kier alpha value is -2.53. The normalized spacial score (nSPS) is 11.7. The van der Waals surface area contributed by atoms with E-state index in [1.165, 1.54) is 0 Å². The van der Waals surface area contributed by atoms with Crippen LogP contribution in [0.15, 0.2) is 48.5 Å². The zero-order valence-corrected chi connectivity index (χ0v) is 16.5. The number of rotatable bonds is 8. The molecule has 0 aromatic heterocycles. The third-order valence-electron chi connectivity index (χ3n) is 4.07. The highest BCUT2D eigenvalue weighted by atomic mass is 35.5. The first-order valence-corrected chi connectivity index (χ1v) is 9.35. The van der Waals surface area contributed by atoms with Crippen LogP contribution in [-0.4, -0.2) is 24.5 Å². The first-order chi connectivity index (χ1) is 12.9. The van der Waals surface area contributed by atoms with Gasteiger partial charge in [-0.05, 0) is 48.7 Å². The van der Waals surface area contributed by atoms with Crippen LogP contribution in [0.5, 0.6) is 5.75 Å². The van der Waals surface area contributed by atoms with Crippen molar-refractivity contribution in [2.75, 3.05) is 6.61 Å². The quantitative estimate of drug-likeness (QED) is 0.722. The van der Waals surface area contributed by atoms with Crippen LogP contribution in [0.4, 0.5) is 0 Å². The van der Waals surface area contributed by atoms with Gasteiger partial charge in [0.2, 0.25) is 5.91 Å². The lowest BCUT2D eigenvalue weighted by atomic mass is 10.0. The Morgan fingerprint density at radius 3 is 2.33 bits per heavy atom. The number of carbonyl (C=O) groups is 2. The molecular formula is C21H25ClN2O3. The molecular weight excluding hydrogens is 364 g/mol. The van der Waals surface area contributed by atoms with Crippen molar-refractivity contribution >= 4 is 23.4 Å². The van der Waals surface area contributed by atoms with Gasteiger partial charge in [-0.1, -0.05) is 43.6 Å². The average Bonchev–Trinajstić information content (AvgIpc) is 2.65. The number of carbonyl (C=O) groups excluding carboxylic acids is 2. The lowest BCUT2D eigenvalue weighted by molar-refractivity contribution is -0.124. The second kappa shape index (κ2) is 9.97. The van der Waals surface area contributed by atoms with Crippen LogP contribution in [0.25, 0.3) is 0 Å². The van der Waals surface area contributed by atoms with Crippen molar-refractivity contribution in [3.8, 4) is 5.75 Å². The van der Waals surface area contributed by atoms with Gasteiger partial charge in [0.05, 0.1) is 6.61 Å². The van der Waals surface area contributed by atoms with Crippen molar-refractivity contribution in [2.24, 2.45) is 5.92 Å². The molecule has 0 saturated heterocycles. The van der Waals surface area contributed by atoms with E-state index in [1.807, 2.05) is 39.0 Å². The molecule has 6 heteroatoms. The first kappa shape index (κ1) is 20.8. The fourth-order valence-electron chi connectivity index (χ4n) is 2.56. The molecule has 2 aromatic rings. The molecule has 0 radical (unpaired) electrons. The number of ether oxygens (including phenoxy) is 1. The Kier molecular flexibility index (Phi) is 7.67. The smallest absolute Gasteiger partial charge is 0.251 e. The van der Waals surface area contributed by atoms with Gasteiger partial charge in [-0.3, -0.25) is 9.59 Å². The number of benzene rings is 2. The minimum atomic E-state index is -0.647. The SMILES string of the molecule is CCOc1ccc(C(=O)NC(C(=O)NCc2ccccc2Cl)C(C)C)cc1. The zero-order valence-electron chi connectivity index (χ0n) is 15.8. The Labute approximate surface area is 165 Å². The van der Waals surface area contributed by atoms with Gasteiger partial charge < -0.3 is 15.4 Å². The van der Waals surface area contributed by atoms with Crippen molar-refractivity contribution in [1.29, 1.82) is 0 Å². The summed E-state index contributed by atoms with van der Waals surface area (Å²) >= 11 is 6.12. The predicted molar refractivity (Wildman–Crippen MR) is 107 cm³/mol. The molecule has 0 spiro atoms. The van der Waals surface area contributed by atoms with Gasteiger partial charge in [0.1, 0.15) is 11.8 Å². The van der Waals surface area contributed by atoms with Crippen molar-refractivity contribution in [3.63, 3.8) is 0 Å². The molecule has 1 atom stereocenters. The molecule has 144 valence electrons. The summed E-state index contributed by atoms with van der Waals surface area (Å²) < 4.78 is 5.38. The maximum atomic E-state index is 12.6. The minimum absolute atomic E-state index is 0.0668. The van der Waals surface area contributed by atoms with Crippen LogP contribution < -0.4 is 15.4 Å². The Morgan fingerprint density at radius 1 is 1.07 bits per heavy atom. The molecule has 0 aliphatic rings. The van der Waals surface area contributed by atoms with Crippen molar-refractivity contribution in [3.05, 3.63) is 64.7 Å². The second-order valence-corrected chi connectivity index (χ2v) is 6.87. The van der Waals surface area contributed by atoms with Crippen LogP contribution in [-0.2, 0) is 11.3 Å². The number of amides is 2. The van der Waals surface area contributed by atoms with Gasteiger partial charge in [-0.15, -0.1) is 0 Å². The third kappa shape index (κ3) is 6.00. The second-order valence-electron chi connectivity index (χ2n) is 6.46. The minimum Gasteiger partial charge on any atom is -0.494 e. The highest BCUT2D eigenvalue weighted by Gasteiger charge is 2.24. The monoisotopic (exact) mass is 388 g/mol. The molecule has 0 saturated carbocycles. The summed E-state index contributed by atoms with van der Waals surface area (Å²) in [5.41, 5.74) is 1.30. The van der Waals surface area contributed by atoms with Crippen molar-refractivity contribution in [1.82, 2.24) is 10.6 Å². The van der Waals surface area contributed by atoms with Crippen LogP contribution >= 0.6 is 11.6 Å². The highest BCUT2D eigenvalue weighted by molar-refractivity contribution is 6.31. The van der Waals surface area contributed by atoms with E-state index in [9.17, 15) is 9.59 Å². The Balaban J connectivity index is 2.00. The summed E-state index contributed by atoms with van der Waals surface area (Å²) in [5, 5.41) is 6.25. The Morgan fingerprint density at radius 2 is 1.74 bits per heavy atom. The van der Waals surface area contributed by atoms with E-state index in [-0.39, 0.29) is 17.7 Å². The van der Waals surface area contributed by atoms with E-state index < -0.39 is 6.04 Å². The molecule has 0 aliphatic heterocycles. The largest absolute Gasteiger partial charge is 0.494 e. The maximum Gasteiger partial charge on any atom is 0.251 e. The van der Waals surface area contributed by atoms with Gasteiger partial charge in [0, 0.05) is 17.1 Å². The van der Waals surface area contributed by atoms with Gasteiger partial charge in [0.15, 0.2) is 0 Å². The van der Waals surface area contributed by atoms with Crippen LogP contribution in [0, 0.1) is 5.92 Å². The number of nitrogens with one attached hydrogen (secondary N) is 2. The van der Waals surface area contributed by atoms with E-state index in [0.717, 1.165) is 5.56 Å². The molecule has 2 N–H and O–H groups in total. The molecule has 0 bridgehead atoms. The molecule has 5 nitrogen and oxygen atoms in total. The summed E-state index contributed by atoms with van der Waals surface area (Å²) in [6.07, 6.45) is 0. The van der Waals surface area contributed by atoms with Gasteiger partial charge >= 0.3 is 0 Å². The Bertz CT molecular complexity index is 775. The van der Waals surface area contributed by atoms with E-state index in [4.69, 9.17) is 16.3 Å². The summed E-state index contributed by atoms with van der Waals surface area (Å²) in [6, 6.07) is 13.5. The molecule has 2 rings (SSSR count). The number of hydrogen-bond acceptors (Lipinski definition) is 3. The predicted octanol–water partition coefficient (Wildman–Crippen LogP) is 3.81. The van der Waals surface area contributed by atoms with Crippen molar-refractivity contribution < 1.29 is 14.3 Å². The van der Waals surface area contributed by atoms with E-state index >= 15 is 0 Å². The first-order valence-electron chi connectivity index (χ1n) is 8.97. The van der Waals surface area contributed by atoms with Crippen LogP contribution in [0.2, 0.25) is 5.02 Å². The zero-order chi connectivity index (χ0) is 19.8. The van der Waals surface area contributed by atoms with Gasteiger partial charge in [-0.2, -0.15) is 0 Å². The molecule has 2 aromatic carbocycles. The highest BCUT2D eigenvalue weighted by Crippen LogP contribution is 2.15. The molecule has 27 heavy (non-hydrogen) atoms.